The van der Waals surface area contributed by atoms with E-state index < -0.39 is 10.0 Å². The van der Waals surface area contributed by atoms with Crippen LogP contribution in [0.15, 0.2) is 34.2 Å². The van der Waals surface area contributed by atoms with Crippen LogP contribution in [-0.2, 0) is 16.6 Å². The van der Waals surface area contributed by atoms with Gasteiger partial charge < -0.3 is 11.1 Å². The highest BCUT2D eigenvalue weighted by atomic mass is 32.2. The van der Waals surface area contributed by atoms with E-state index in [1.165, 1.54) is 13.5 Å². The molecule has 4 N–H and O–H groups in total. The summed E-state index contributed by atoms with van der Waals surface area (Å²) in [5.41, 5.74) is 6.71. The van der Waals surface area contributed by atoms with Crippen molar-refractivity contribution in [3.05, 3.63) is 29.8 Å². The Morgan fingerprint density at radius 3 is 2.58 bits per heavy atom. The Bertz CT molecular complexity index is 642. The number of sulfonamides is 1. The molecule has 24 heavy (non-hydrogen) atoms. The standard InChI is InChI=1S/C17H30N4O2S/c1-13(2)7-5-8-14(3)21-17(18)20-12-15-9-6-10-16(11-15)24(22,23)19-4/h6,9-11,13-14,19H,5,7-8,12H2,1-4H3,(H3,18,20,21). The minimum Gasteiger partial charge on any atom is -0.370 e. The average Bonchev–Trinajstić information content (AvgIpc) is 2.53. The molecule has 0 aliphatic carbocycles. The van der Waals surface area contributed by atoms with Gasteiger partial charge in [-0.15, -0.1) is 0 Å². The van der Waals surface area contributed by atoms with Crippen LogP contribution in [-0.4, -0.2) is 27.5 Å². The molecule has 1 unspecified atom stereocenters. The molecule has 0 heterocycles. The van der Waals surface area contributed by atoms with Crippen LogP contribution in [0, 0.1) is 5.92 Å². The van der Waals surface area contributed by atoms with Crippen LogP contribution in [0.5, 0.6) is 0 Å². The van der Waals surface area contributed by atoms with Crippen molar-refractivity contribution in [3.8, 4) is 0 Å². The highest BCUT2D eigenvalue weighted by Gasteiger charge is 2.11. The summed E-state index contributed by atoms with van der Waals surface area (Å²) in [6.07, 6.45) is 3.41. The number of nitrogens with two attached hydrogens (primary N) is 1. The van der Waals surface area contributed by atoms with Crippen molar-refractivity contribution in [2.24, 2.45) is 16.6 Å². The molecule has 6 nitrogen and oxygen atoms in total. The highest BCUT2D eigenvalue weighted by Crippen LogP contribution is 2.12. The lowest BCUT2D eigenvalue weighted by molar-refractivity contribution is 0.493. The fourth-order valence-corrected chi connectivity index (χ4v) is 3.11. The molecule has 0 aliphatic rings. The van der Waals surface area contributed by atoms with E-state index >= 15 is 0 Å². The summed E-state index contributed by atoms with van der Waals surface area (Å²) in [5.74, 6) is 1.10. The van der Waals surface area contributed by atoms with Gasteiger partial charge in [0.1, 0.15) is 0 Å². The maximum absolute atomic E-state index is 11.8. The van der Waals surface area contributed by atoms with Gasteiger partial charge in [-0.3, -0.25) is 0 Å². The summed E-state index contributed by atoms with van der Waals surface area (Å²) in [5, 5.41) is 3.18. The summed E-state index contributed by atoms with van der Waals surface area (Å²) in [4.78, 5) is 4.52. The van der Waals surface area contributed by atoms with Crippen LogP contribution in [0.4, 0.5) is 0 Å². The highest BCUT2D eigenvalue weighted by molar-refractivity contribution is 7.89. The maximum atomic E-state index is 11.8. The number of hydrogen-bond acceptors (Lipinski definition) is 3. The molecule has 0 amide bonds. The smallest absolute Gasteiger partial charge is 0.240 e. The summed E-state index contributed by atoms with van der Waals surface area (Å²) in [6.45, 7) is 6.86. The van der Waals surface area contributed by atoms with Crippen LogP contribution < -0.4 is 15.8 Å². The van der Waals surface area contributed by atoms with Crippen LogP contribution >= 0.6 is 0 Å². The Morgan fingerprint density at radius 1 is 1.25 bits per heavy atom. The zero-order valence-corrected chi connectivity index (χ0v) is 15.9. The lowest BCUT2D eigenvalue weighted by atomic mass is 10.0. The zero-order valence-electron chi connectivity index (χ0n) is 15.0. The van der Waals surface area contributed by atoms with Crippen molar-refractivity contribution >= 4 is 16.0 Å². The van der Waals surface area contributed by atoms with Gasteiger partial charge in [-0.1, -0.05) is 38.8 Å². The number of guanidine groups is 1. The number of aliphatic imine (C=N–C) groups is 1. The first-order valence-corrected chi connectivity index (χ1v) is 9.82. The largest absolute Gasteiger partial charge is 0.370 e. The quantitative estimate of drug-likeness (QED) is 0.468. The van der Waals surface area contributed by atoms with Crippen LogP contribution in [0.2, 0.25) is 0 Å². The maximum Gasteiger partial charge on any atom is 0.240 e. The van der Waals surface area contributed by atoms with Gasteiger partial charge in [0.15, 0.2) is 5.96 Å². The number of nitrogens with zero attached hydrogens (tertiary/aromatic N) is 1. The van der Waals surface area contributed by atoms with Crippen molar-refractivity contribution in [1.82, 2.24) is 10.0 Å². The lowest BCUT2D eigenvalue weighted by Crippen LogP contribution is -2.38. The van der Waals surface area contributed by atoms with E-state index in [0.29, 0.717) is 18.4 Å². The minimum atomic E-state index is -3.44. The second-order valence-electron chi connectivity index (χ2n) is 6.43. The Morgan fingerprint density at radius 2 is 1.96 bits per heavy atom. The summed E-state index contributed by atoms with van der Waals surface area (Å²) in [6, 6.07) is 6.96. The third kappa shape index (κ3) is 7.31. The molecular weight excluding hydrogens is 324 g/mol. The predicted octanol–water partition coefficient (Wildman–Crippen LogP) is 2.21. The number of nitrogens with one attached hydrogen (secondary N) is 2. The van der Waals surface area contributed by atoms with E-state index in [0.717, 1.165) is 18.4 Å². The van der Waals surface area contributed by atoms with Gasteiger partial charge in [0, 0.05) is 6.04 Å². The molecule has 1 aromatic carbocycles. The average molecular weight is 355 g/mol. The Kier molecular flexibility index (Phi) is 8.21. The van der Waals surface area contributed by atoms with Gasteiger partial charge in [0.2, 0.25) is 10.0 Å². The zero-order chi connectivity index (χ0) is 18.2. The number of rotatable bonds is 9. The topological polar surface area (TPSA) is 96.6 Å². The third-order valence-electron chi connectivity index (χ3n) is 3.72. The van der Waals surface area contributed by atoms with Gasteiger partial charge in [0.05, 0.1) is 11.4 Å². The van der Waals surface area contributed by atoms with E-state index in [9.17, 15) is 8.42 Å². The first kappa shape index (κ1) is 20.4. The van der Waals surface area contributed by atoms with Crippen molar-refractivity contribution in [2.45, 2.75) is 57.5 Å². The molecule has 1 rings (SSSR count). The molecule has 0 fully saturated rings. The molecule has 0 saturated heterocycles. The molecule has 0 aliphatic heterocycles. The van der Waals surface area contributed by atoms with E-state index in [4.69, 9.17) is 5.73 Å². The van der Waals surface area contributed by atoms with Gasteiger partial charge in [0.25, 0.3) is 0 Å². The lowest BCUT2D eigenvalue weighted by Gasteiger charge is -2.15. The summed E-state index contributed by atoms with van der Waals surface area (Å²) < 4.78 is 25.9. The van der Waals surface area contributed by atoms with E-state index in [1.54, 1.807) is 18.2 Å². The van der Waals surface area contributed by atoms with Gasteiger partial charge in [-0.05, 0) is 44.0 Å². The molecule has 0 saturated carbocycles. The normalized spacial score (nSPS) is 14.0. The summed E-state index contributed by atoms with van der Waals surface area (Å²) >= 11 is 0. The molecular formula is C17H30N4O2S. The molecule has 0 aromatic heterocycles. The molecule has 1 atom stereocenters. The second kappa shape index (κ2) is 9.64. The molecule has 0 radical (unpaired) electrons. The minimum absolute atomic E-state index is 0.228. The monoisotopic (exact) mass is 354 g/mol. The van der Waals surface area contributed by atoms with Crippen molar-refractivity contribution in [3.63, 3.8) is 0 Å². The second-order valence-corrected chi connectivity index (χ2v) is 8.31. The fourth-order valence-electron chi connectivity index (χ4n) is 2.31. The Hall–Kier alpha value is -1.60. The molecule has 136 valence electrons. The third-order valence-corrected chi connectivity index (χ3v) is 5.13. The predicted molar refractivity (Wildman–Crippen MR) is 99.3 cm³/mol. The fraction of sp³-hybridized carbons (Fsp3) is 0.588. The van der Waals surface area contributed by atoms with Crippen LogP contribution in [0.25, 0.3) is 0 Å². The van der Waals surface area contributed by atoms with Crippen molar-refractivity contribution < 1.29 is 8.42 Å². The van der Waals surface area contributed by atoms with Gasteiger partial charge in [-0.2, -0.15) is 0 Å². The first-order chi connectivity index (χ1) is 11.2. The first-order valence-electron chi connectivity index (χ1n) is 8.33. The SMILES string of the molecule is CNS(=O)(=O)c1cccc(CN=C(N)NC(C)CCCC(C)C)c1. The molecule has 0 bridgehead atoms. The number of benzene rings is 1. The van der Waals surface area contributed by atoms with E-state index in [1.807, 2.05) is 6.07 Å². The Balaban J connectivity index is 2.57. The number of hydrogen-bond donors (Lipinski definition) is 3. The molecule has 1 aromatic rings. The molecule has 0 spiro atoms. The van der Waals surface area contributed by atoms with Crippen molar-refractivity contribution in [2.75, 3.05) is 7.05 Å². The van der Waals surface area contributed by atoms with Crippen LogP contribution in [0.1, 0.15) is 45.6 Å². The van der Waals surface area contributed by atoms with Gasteiger partial charge in [-0.25, -0.2) is 18.1 Å². The van der Waals surface area contributed by atoms with Crippen LogP contribution in [0.3, 0.4) is 0 Å². The summed E-state index contributed by atoms with van der Waals surface area (Å²) in [7, 11) is -2.05. The van der Waals surface area contributed by atoms with Crippen molar-refractivity contribution in [1.29, 1.82) is 0 Å². The van der Waals surface area contributed by atoms with E-state index in [2.05, 4.69) is 35.8 Å². The van der Waals surface area contributed by atoms with Gasteiger partial charge >= 0.3 is 0 Å². The molecule has 7 heteroatoms. The van der Waals surface area contributed by atoms with E-state index in [-0.39, 0.29) is 10.9 Å². The Labute approximate surface area is 146 Å².